The summed E-state index contributed by atoms with van der Waals surface area (Å²) in [7, 11) is 0. The van der Waals surface area contributed by atoms with Gasteiger partial charge in [0.05, 0.1) is 5.69 Å². The SMILES string of the molecule is O=C1c2nc3ccccn3c2C(=O)N1c1ccc(Cl)cc1. The quantitative estimate of drug-likeness (QED) is 0.649. The number of aromatic nitrogens is 2. The monoisotopic (exact) mass is 297 g/mol. The van der Waals surface area contributed by atoms with Gasteiger partial charge in [0.25, 0.3) is 11.8 Å². The van der Waals surface area contributed by atoms with Gasteiger partial charge in [-0.05, 0) is 36.4 Å². The van der Waals surface area contributed by atoms with Crippen molar-refractivity contribution in [2.75, 3.05) is 4.90 Å². The van der Waals surface area contributed by atoms with Crippen molar-refractivity contribution in [1.29, 1.82) is 0 Å². The number of nitrogens with zero attached hydrogens (tertiary/aromatic N) is 3. The molecule has 0 saturated heterocycles. The van der Waals surface area contributed by atoms with Gasteiger partial charge in [-0.25, -0.2) is 9.88 Å². The summed E-state index contributed by atoms with van der Waals surface area (Å²) in [5.41, 5.74) is 1.55. The molecule has 0 atom stereocenters. The standard InChI is InChI=1S/C15H8ClN3O2/c16-9-4-6-10(7-5-9)19-14(20)12-13(15(19)21)18-8-2-1-3-11(18)17-12/h1-8H. The summed E-state index contributed by atoms with van der Waals surface area (Å²) in [6, 6.07) is 11.9. The van der Waals surface area contributed by atoms with Crippen molar-refractivity contribution >= 4 is 34.7 Å². The van der Waals surface area contributed by atoms with E-state index in [4.69, 9.17) is 11.6 Å². The molecule has 1 aliphatic heterocycles. The fourth-order valence-electron chi connectivity index (χ4n) is 2.48. The van der Waals surface area contributed by atoms with Crippen LogP contribution in [0.3, 0.4) is 0 Å². The number of carbonyl (C=O) groups is 2. The van der Waals surface area contributed by atoms with Gasteiger partial charge in [0, 0.05) is 11.2 Å². The lowest BCUT2D eigenvalue weighted by Gasteiger charge is -2.13. The lowest BCUT2D eigenvalue weighted by atomic mass is 10.3. The van der Waals surface area contributed by atoms with Crippen molar-refractivity contribution in [3.05, 3.63) is 65.1 Å². The maximum Gasteiger partial charge on any atom is 0.286 e. The highest BCUT2D eigenvalue weighted by molar-refractivity contribution is 6.34. The number of imidazole rings is 1. The van der Waals surface area contributed by atoms with E-state index in [1.54, 1.807) is 47.0 Å². The number of fused-ring (bicyclic) bond motifs is 3. The number of halogens is 1. The maximum absolute atomic E-state index is 12.6. The van der Waals surface area contributed by atoms with Crippen molar-refractivity contribution in [3.63, 3.8) is 0 Å². The largest absolute Gasteiger partial charge is 0.295 e. The Morgan fingerprint density at radius 1 is 0.952 bits per heavy atom. The zero-order chi connectivity index (χ0) is 14.6. The average molecular weight is 298 g/mol. The van der Waals surface area contributed by atoms with E-state index in [0.29, 0.717) is 22.1 Å². The third kappa shape index (κ3) is 1.61. The molecule has 102 valence electrons. The number of imide groups is 1. The summed E-state index contributed by atoms with van der Waals surface area (Å²) < 4.78 is 1.63. The van der Waals surface area contributed by atoms with Crippen molar-refractivity contribution < 1.29 is 9.59 Å². The van der Waals surface area contributed by atoms with E-state index < -0.39 is 5.91 Å². The molecule has 4 rings (SSSR count). The van der Waals surface area contributed by atoms with Crippen molar-refractivity contribution in [2.45, 2.75) is 0 Å². The molecule has 0 fully saturated rings. The van der Waals surface area contributed by atoms with Crippen LogP contribution in [0.4, 0.5) is 5.69 Å². The number of anilines is 1. The molecule has 0 spiro atoms. The van der Waals surface area contributed by atoms with Gasteiger partial charge in [-0.1, -0.05) is 17.7 Å². The molecule has 0 unspecified atom stereocenters. The van der Waals surface area contributed by atoms with Crippen LogP contribution in [0.15, 0.2) is 48.7 Å². The first-order valence-corrected chi connectivity index (χ1v) is 6.66. The highest BCUT2D eigenvalue weighted by Crippen LogP contribution is 2.29. The number of amides is 2. The molecule has 6 heteroatoms. The zero-order valence-electron chi connectivity index (χ0n) is 10.7. The number of pyridine rings is 1. The molecule has 21 heavy (non-hydrogen) atoms. The average Bonchev–Trinajstić information content (AvgIpc) is 2.98. The molecule has 2 aromatic heterocycles. The lowest BCUT2D eigenvalue weighted by molar-refractivity contribution is 0.0922. The Kier molecular flexibility index (Phi) is 2.40. The van der Waals surface area contributed by atoms with Gasteiger partial charge in [0.1, 0.15) is 11.3 Å². The van der Waals surface area contributed by atoms with Crippen LogP contribution in [-0.2, 0) is 0 Å². The third-order valence-electron chi connectivity index (χ3n) is 3.43. The van der Waals surface area contributed by atoms with Gasteiger partial charge in [-0.15, -0.1) is 0 Å². The minimum atomic E-state index is -0.416. The molecular formula is C15H8ClN3O2. The van der Waals surface area contributed by atoms with E-state index in [-0.39, 0.29) is 11.6 Å². The van der Waals surface area contributed by atoms with Crippen LogP contribution >= 0.6 is 11.6 Å². The Morgan fingerprint density at radius 2 is 1.71 bits per heavy atom. The van der Waals surface area contributed by atoms with Crippen LogP contribution in [-0.4, -0.2) is 21.2 Å². The van der Waals surface area contributed by atoms with Gasteiger partial charge in [0.15, 0.2) is 5.69 Å². The van der Waals surface area contributed by atoms with Gasteiger partial charge < -0.3 is 0 Å². The number of carbonyl (C=O) groups excluding carboxylic acids is 2. The maximum atomic E-state index is 12.6. The molecule has 0 saturated carbocycles. The Bertz CT molecular complexity index is 899. The number of hydrogen-bond donors (Lipinski definition) is 0. The summed E-state index contributed by atoms with van der Waals surface area (Å²) in [5, 5.41) is 0.544. The van der Waals surface area contributed by atoms with Gasteiger partial charge in [0.2, 0.25) is 0 Å². The first-order chi connectivity index (χ1) is 10.2. The number of benzene rings is 1. The molecule has 1 aliphatic rings. The first kappa shape index (κ1) is 12.1. The van der Waals surface area contributed by atoms with Crippen LogP contribution in [0.5, 0.6) is 0 Å². The van der Waals surface area contributed by atoms with Crippen molar-refractivity contribution in [2.24, 2.45) is 0 Å². The molecule has 3 heterocycles. The summed E-state index contributed by atoms with van der Waals surface area (Å²) in [4.78, 5) is 30.4. The number of hydrogen-bond acceptors (Lipinski definition) is 3. The first-order valence-electron chi connectivity index (χ1n) is 6.28. The molecule has 0 N–H and O–H groups in total. The minimum absolute atomic E-state index is 0.182. The molecule has 1 aromatic carbocycles. The van der Waals surface area contributed by atoms with Gasteiger partial charge in [-0.2, -0.15) is 0 Å². The summed E-state index contributed by atoms with van der Waals surface area (Å²) in [5.74, 6) is -0.794. The molecular weight excluding hydrogens is 290 g/mol. The van der Waals surface area contributed by atoms with Crippen molar-refractivity contribution in [1.82, 2.24) is 9.38 Å². The molecule has 5 nitrogen and oxygen atoms in total. The Labute approximate surface area is 124 Å². The summed E-state index contributed by atoms with van der Waals surface area (Å²) in [6.45, 7) is 0. The Balaban J connectivity index is 1.89. The highest BCUT2D eigenvalue weighted by atomic mass is 35.5. The molecule has 2 amide bonds. The highest BCUT2D eigenvalue weighted by Gasteiger charge is 2.41. The Morgan fingerprint density at radius 3 is 2.48 bits per heavy atom. The minimum Gasteiger partial charge on any atom is -0.295 e. The molecule has 0 bridgehead atoms. The van der Waals surface area contributed by atoms with E-state index in [9.17, 15) is 9.59 Å². The fourth-order valence-corrected chi connectivity index (χ4v) is 2.60. The van der Waals surface area contributed by atoms with Gasteiger partial charge >= 0.3 is 0 Å². The smallest absolute Gasteiger partial charge is 0.286 e. The second-order valence-corrected chi connectivity index (χ2v) is 5.10. The van der Waals surface area contributed by atoms with Crippen molar-refractivity contribution in [3.8, 4) is 0 Å². The fraction of sp³-hybridized carbons (Fsp3) is 0. The normalized spacial score (nSPS) is 14.0. The van der Waals surface area contributed by atoms with Gasteiger partial charge in [-0.3, -0.25) is 14.0 Å². The third-order valence-corrected chi connectivity index (χ3v) is 3.68. The molecule has 3 aromatic rings. The second-order valence-electron chi connectivity index (χ2n) is 4.66. The lowest BCUT2D eigenvalue weighted by Crippen LogP contribution is -2.30. The van der Waals surface area contributed by atoms with Crippen LogP contribution < -0.4 is 4.90 Å². The molecule has 0 radical (unpaired) electrons. The summed E-state index contributed by atoms with van der Waals surface area (Å²) in [6.07, 6.45) is 1.72. The van der Waals surface area contributed by atoms with Crippen LogP contribution in [0, 0.1) is 0 Å². The number of rotatable bonds is 1. The van der Waals surface area contributed by atoms with E-state index in [2.05, 4.69) is 4.98 Å². The summed E-state index contributed by atoms with van der Waals surface area (Å²) >= 11 is 5.83. The van der Waals surface area contributed by atoms with E-state index >= 15 is 0 Å². The second kappa shape index (κ2) is 4.17. The van der Waals surface area contributed by atoms with E-state index in [0.717, 1.165) is 4.90 Å². The van der Waals surface area contributed by atoms with Crippen LogP contribution in [0.2, 0.25) is 5.02 Å². The van der Waals surface area contributed by atoms with Crippen LogP contribution in [0.25, 0.3) is 5.65 Å². The molecule has 0 aliphatic carbocycles. The van der Waals surface area contributed by atoms with E-state index in [1.165, 1.54) is 0 Å². The predicted octanol–water partition coefficient (Wildman–Crippen LogP) is 2.79. The predicted molar refractivity (Wildman–Crippen MR) is 77.8 cm³/mol. The zero-order valence-corrected chi connectivity index (χ0v) is 11.4. The van der Waals surface area contributed by atoms with E-state index in [1.807, 2.05) is 6.07 Å². The topological polar surface area (TPSA) is 54.7 Å². The Hall–Kier alpha value is -2.66. The van der Waals surface area contributed by atoms with Crippen LogP contribution in [0.1, 0.15) is 21.0 Å².